The van der Waals surface area contributed by atoms with Crippen molar-refractivity contribution < 1.29 is 23.5 Å². The Morgan fingerprint density at radius 1 is 1.05 bits per heavy atom. The SMILES string of the molecule is C=CC(=O)NCCCC[C@H](CC(=O)OCc1ccccc1)C(=O)N1CCN(Cc2cc3ccc(C)cc3oc2=O)CC1. The summed E-state index contributed by atoms with van der Waals surface area (Å²) in [7, 11) is 0. The molecule has 1 aliphatic rings. The number of nitrogens with one attached hydrogen (secondary N) is 1. The molecule has 1 atom stereocenters. The molecular weight excluding hydrogens is 534 g/mol. The van der Waals surface area contributed by atoms with Crippen LogP contribution in [0, 0.1) is 12.8 Å². The van der Waals surface area contributed by atoms with Gasteiger partial charge in [0.05, 0.1) is 12.0 Å². The van der Waals surface area contributed by atoms with Gasteiger partial charge < -0.3 is 19.4 Å². The molecule has 0 unspecified atom stereocenters. The van der Waals surface area contributed by atoms with Gasteiger partial charge in [0.25, 0.3) is 0 Å². The maximum atomic E-state index is 13.6. The van der Waals surface area contributed by atoms with E-state index in [0.717, 1.165) is 16.5 Å². The first-order chi connectivity index (χ1) is 20.3. The molecule has 0 aliphatic carbocycles. The van der Waals surface area contributed by atoms with Crippen molar-refractivity contribution in [3.63, 3.8) is 0 Å². The third-order valence-corrected chi connectivity index (χ3v) is 7.51. The molecule has 42 heavy (non-hydrogen) atoms. The first kappa shape index (κ1) is 30.7. The van der Waals surface area contributed by atoms with Gasteiger partial charge in [-0.15, -0.1) is 0 Å². The molecule has 9 heteroatoms. The molecule has 0 spiro atoms. The van der Waals surface area contributed by atoms with Crippen molar-refractivity contribution in [2.24, 2.45) is 5.92 Å². The molecule has 1 N–H and O–H groups in total. The summed E-state index contributed by atoms with van der Waals surface area (Å²) in [6, 6.07) is 17.1. The van der Waals surface area contributed by atoms with Gasteiger partial charge in [0.2, 0.25) is 11.8 Å². The molecule has 0 saturated carbocycles. The van der Waals surface area contributed by atoms with E-state index in [1.165, 1.54) is 6.08 Å². The van der Waals surface area contributed by atoms with Gasteiger partial charge in [-0.25, -0.2) is 4.79 Å². The quantitative estimate of drug-likeness (QED) is 0.143. The zero-order valence-electron chi connectivity index (χ0n) is 24.2. The molecule has 1 saturated heterocycles. The van der Waals surface area contributed by atoms with E-state index in [1.807, 2.05) is 61.5 Å². The molecule has 2 heterocycles. The van der Waals surface area contributed by atoms with Gasteiger partial charge in [-0.2, -0.15) is 0 Å². The van der Waals surface area contributed by atoms with Gasteiger partial charge in [-0.3, -0.25) is 19.3 Å². The number of esters is 1. The average Bonchev–Trinajstić information content (AvgIpc) is 3.00. The zero-order valence-corrected chi connectivity index (χ0v) is 24.2. The lowest BCUT2D eigenvalue weighted by Gasteiger charge is -2.36. The molecule has 0 bridgehead atoms. The molecule has 1 fully saturated rings. The van der Waals surface area contributed by atoms with Gasteiger partial charge in [0.1, 0.15) is 12.2 Å². The Balaban J connectivity index is 1.32. The number of benzene rings is 2. The van der Waals surface area contributed by atoms with Crippen LogP contribution in [0.2, 0.25) is 0 Å². The Morgan fingerprint density at radius 2 is 1.81 bits per heavy atom. The highest BCUT2D eigenvalue weighted by molar-refractivity contribution is 5.86. The van der Waals surface area contributed by atoms with Crippen molar-refractivity contribution in [3.8, 4) is 0 Å². The minimum absolute atomic E-state index is 0.00249. The van der Waals surface area contributed by atoms with Gasteiger partial charge in [-0.05, 0) is 49.1 Å². The molecule has 2 aromatic carbocycles. The largest absolute Gasteiger partial charge is 0.461 e. The summed E-state index contributed by atoms with van der Waals surface area (Å²) in [4.78, 5) is 54.2. The van der Waals surface area contributed by atoms with Crippen LogP contribution in [0.1, 0.15) is 42.4 Å². The van der Waals surface area contributed by atoms with Crippen LogP contribution < -0.4 is 10.9 Å². The Kier molecular flexibility index (Phi) is 11.1. The van der Waals surface area contributed by atoms with Crippen molar-refractivity contribution in [1.29, 1.82) is 0 Å². The minimum Gasteiger partial charge on any atom is -0.461 e. The number of unbranched alkanes of at least 4 members (excludes halogenated alkanes) is 1. The lowest BCUT2D eigenvalue weighted by Crippen LogP contribution is -2.50. The van der Waals surface area contributed by atoms with Crippen LogP contribution in [0.3, 0.4) is 0 Å². The predicted molar refractivity (Wildman–Crippen MR) is 160 cm³/mol. The standard InChI is InChI=1S/C33H39N3O6/c1-3-30(37)34-14-8-7-11-27(21-31(38)41-23-25-9-5-4-6-10-25)32(39)36-17-15-35(16-18-36)22-28-20-26-13-12-24(2)19-29(26)42-33(28)40/h3-6,9-10,12-13,19-20,27H,1,7-8,11,14-18,21-23H2,2H3,(H,34,37)/t27-/m1/s1. The van der Waals surface area contributed by atoms with E-state index in [4.69, 9.17) is 9.15 Å². The Bertz CT molecular complexity index is 1440. The Morgan fingerprint density at radius 3 is 2.55 bits per heavy atom. The number of amides is 2. The number of carbonyl (C=O) groups is 3. The summed E-state index contributed by atoms with van der Waals surface area (Å²) in [5.74, 6) is -1.22. The van der Waals surface area contributed by atoms with E-state index in [0.29, 0.717) is 69.7 Å². The number of ether oxygens (including phenoxy) is 1. The second kappa shape index (κ2) is 15.1. The van der Waals surface area contributed by atoms with E-state index < -0.39 is 11.9 Å². The second-order valence-electron chi connectivity index (χ2n) is 10.7. The van der Waals surface area contributed by atoms with E-state index in [2.05, 4.69) is 16.8 Å². The normalized spacial score (nSPS) is 14.4. The molecule has 4 rings (SSSR count). The fourth-order valence-corrected chi connectivity index (χ4v) is 5.11. The Labute approximate surface area is 246 Å². The summed E-state index contributed by atoms with van der Waals surface area (Å²) in [6.07, 6.45) is 3.10. The number of piperazine rings is 1. The fraction of sp³-hybridized carbons (Fsp3) is 0.394. The third-order valence-electron chi connectivity index (χ3n) is 7.51. The van der Waals surface area contributed by atoms with Crippen LogP contribution in [0.25, 0.3) is 11.0 Å². The van der Waals surface area contributed by atoms with Crippen LogP contribution in [-0.4, -0.2) is 60.3 Å². The molecule has 3 aromatic rings. The van der Waals surface area contributed by atoms with E-state index in [9.17, 15) is 19.2 Å². The van der Waals surface area contributed by atoms with E-state index >= 15 is 0 Å². The number of rotatable bonds is 13. The molecule has 222 valence electrons. The topological polar surface area (TPSA) is 109 Å². The molecule has 0 radical (unpaired) electrons. The van der Waals surface area contributed by atoms with Crippen LogP contribution >= 0.6 is 0 Å². The number of nitrogens with zero attached hydrogens (tertiary/aromatic N) is 2. The van der Waals surface area contributed by atoms with Crippen molar-refractivity contribution in [3.05, 3.63) is 94.4 Å². The van der Waals surface area contributed by atoms with Gasteiger partial charge in [-0.1, -0.05) is 55.5 Å². The first-order valence-electron chi connectivity index (χ1n) is 14.5. The lowest BCUT2D eigenvalue weighted by atomic mass is 9.96. The highest BCUT2D eigenvalue weighted by Crippen LogP contribution is 2.20. The first-order valence-corrected chi connectivity index (χ1v) is 14.5. The van der Waals surface area contributed by atoms with Crippen LogP contribution in [0.5, 0.6) is 0 Å². The summed E-state index contributed by atoms with van der Waals surface area (Å²) < 4.78 is 11.0. The summed E-state index contributed by atoms with van der Waals surface area (Å²) in [5, 5.41) is 3.62. The van der Waals surface area contributed by atoms with Crippen LogP contribution in [0.15, 0.2) is 76.5 Å². The van der Waals surface area contributed by atoms with Gasteiger partial charge in [0.15, 0.2) is 0 Å². The molecule has 1 aromatic heterocycles. The van der Waals surface area contributed by atoms with Crippen molar-refractivity contribution >= 4 is 28.8 Å². The average molecular weight is 574 g/mol. The molecule has 1 aliphatic heterocycles. The maximum Gasteiger partial charge on any atom is 0.340 e. The summed E-state index contributed by atoms with van der Waals surface area (Å²) >= 11 is 0. The van der Waals surface area contributed by atoms with Gasteiger partial charge in [0, 0.05) is 50.6 Å². The van der Waals surface area contributed by atoms with Crippen molar-refractivity contribution in [2.45, 2.75) is 45.8 Å². The Hall–Kier alpha value is -4.24. The third kappa shape index (κ3) is 8.88. The lowest BCUT2D eigenvalue weighted by molar-refractivity contribution is -0.150. The van der Waals surface area contributed by atoms with Crippen LogP contribution in [-0.2, 0) is 32.3 Å². The molecule has 2 amide bonds. The molecular formula is C33H39N3O6. The number of hydrogen-bond acceptors (Lipinski definition) is 7. The smallest absolute Gasteiger partial charge is 0.340 e. The highest BCUT2D eigenvalue weighted by atomic mass is 16.5. The zero-order chi connectivity index (χ0) is 29.9. The highest BCUT2D eigenvalue weighted by Gasteiger charge is 2.29. The van der Waals surface area contributed by atoms with Crippen molar-refractivity contribution in [2.75, 3.05) is 32.7 Å². The summed E-state index contributed by atoms with van der Waals surface area (Å²) in [5.41, 5.74) is 2.74. The van der Waals surface area contributed by atoms with Crippen LogP contribution in [0.4, 0.5) is 0 Å². The van der Waals surface area contributed by atoms with Gasteiger partial charge >= 0.3 is 11.6 Å². The van der Waals surface area contributed by atoms with E-state index in [1.54, 1.807) is 4.90 Å². The maximum absolute atomic E-state index is 13.6. The monoisotopic (exact) mass is 573 g/mol. The molecule has 9 nitrogen and oxygen atoms in total. The number of carbonyl (C=O) groups excluding carboxylic acids is 3. The fourth-order valence-electron chi connectivity index (χ4n) is 5.11. The number of aryl methyl sites for hydroxylation is 1. The number of fused-ring (bicyclic) bond motifs is 1. The van der Waals surface area contributed by atoms with E-state index in [-0.39, 0.29) is 30.5 Å². The van der Waals surface area contributed by atoms with Crippen molar-refractivity contribution in [1.82, 2.24) is 15.1 Å². The number of hydrogen-bond donors (Lipinski definition) is 1. The summed E-state index contributed by atoms with van der Waals surface area (Å²) in [6.45, 7) is 8.70. The predicted octanol–water partition coefficient (Wildman–Crippen LogP) is 3.97. The second-order valence-corrected chi connectivity index (χ2v) is 10.7. The minimum atomic E-state index is -0.508.